The predicted octanol–water partition coefficient (Wildman–Crippen LogP) is 0.428. The lowest BCUT2D eigenvalue weighted by Gasteiger charge is -2.19. The van der Waals surface area contributed by atoms with Gasteiger partial charge in [0.05, 0.1) is 0 Å². The minimum absolute atomic E-state index is 0.382. The van der Waals surface area contributed by atoms with Crippen molar-refractivity contribution in [3.63, 3.8) is 0 Å². The monoisotopic (exact) mass is 134 g/mol. The normalized spacial score (nSPS) is 16.9. The van der Waals surface area contributed by atoms with Gasteiger partial charge in [-0.15, -0.1) is 0 Å². The summed E-state index contributed by atoms with van der Waals surface area (Å²) in [5, 5.41) is 8.11. The highest BCUT2D eigenvalue weighted by Gasteiger charge is 2.30. The maximum atomic E-state index is 10.5. The van der Waals surface area contributed by atoms with Crippen molar-refractivity contribution in [2.45, 2.75) is 19.6 Å². The molecule has 0 aromatic carbocycles. The third kappa shape index (κ3) is 1.74. The van der Waals surface area contributed by atoms with Gasteiger partial charge in [0.25, 0.3) is 5.79 Å². The first-order valence-corrected chi connectivity index (χ1v) is 2.45. The molecule has 0 heterocycles. The van der Waals surface area contributed by atoms with E-state index in [4.69, 9.17) is 5.26 Å². The molecule has 1 unspecified atom stereocenters. The first-order chi connectivity index (χ1) is 4.06. The van der Waals surface area contributed by atoms with E-state index in [1.807, 2.05) is 0 Å². The summed E-state index contributed by atoms with van der Waals surface area (Å²) in [6.07, 6.45) is 0. The van der Waals surface area contributed by atoms with Gasteiger partial charge in [0, 0.05) is 21.0 Å². The maximum absolute atomic E-state index is 10.5. The topological polar surface area (TPSA) is 55.8 Å². The molecule has 0 aliphatic heterocycles. The highest BCUT2D eigenvalue weighted by molar-refractivity contribution is 5.82. The van der Waals surface area contributed by atoms with E-state index in [9.17, 15) is 4.79 Å². The summed E-state index contributed by atoms with van der Waals surface area (Å²) < 4.78 is 4.53. The highest BCUT2D eigenvalue weighted by atomic mass is 17.1. The lowest BCUT2D eigenvalue weighted by Crippen LogP contribution is -2.37. The first kappa shape index (κ1) is 8.55. The Morgan fingerprint density at radius 2 is 2.11 bits per heavy atom. The van der Waals surface area contributed by atoms with Crippen LogP contribution < -0.4 is 0 Å². The number of hydrogen-bond acceptors (Lipinski definition) is 4. The number of hydrogen-bond donors (Lipinski definition) is 1. The van der Waals surface area contributed by atoms with Gasteiger partial charge in [0.1, 0.15) is 0 Å². The number of methoxy groups -OCH3 is 1. The van der Waals surface area contributed by atoms with E-state index in [-0.39, 0.29) is 5.78 Å². The molecule has 0 saturated heterocycles. The molecule has 0 aromatic heterocycles. The van der Waals surface area contributed by atoms with E-state index in [1.54, 1.807) is 0 Å². The third-order valence-electron chi connectivity index (χ3n) is 1.20. The van der Waals surface area contributed by atoms with Crippen LogP contribution in [-0.2, 0) is 14.4 Å². The Morgan fingerprint density at radius 1 is 1.67 bits per heavy atom. The number of carbonyl (C=O) groups excluding carboxylic acids is 1. The molecule has 0 rings (SSSR count). The standard InChI is InChI=1S/C5H10O4/c1-4(6)5(2,8-3)9-7/h7H,1-3H3. The molecule has 0 spiro atoms. The highest BCUT2D eigenvalue weighted by Crippen LogP contribution is 2.09. The summed E-state index contributed by atoms with van der Waals surface area (Å²) in [7, 11) is 1.28. The summed E-state index contributed by atoms with van der Waals surface area (Å²) in [6, 6.07) is 0. The molecule has 0 aliphatic rings. The molecule has 0 radical (unpaired) electrons. The lowest BCUT2D eigenvalue weighted by atomic mass is 10.2. The summed E-state index contributed by atoms with van der Waals surface area (Å²) in [4.78, 5) is 14.3. The van der Waals surface area contributed by atoms with Crippen LogP contribution in [0.2, 0.25) is 0 Å². The van der Waals surface area contributed by atoms with Gasteiger partial charge in [0.15, 0.2) is 5.78 Å². The quantitative estimate of drug-likeness (QED) is 0.345. The van der Waals surface area contributed by atoms with Gasteiger partial charge in [-0.05, 0) is 0 Å². The van der Waals surface area contributed by atoms with Crippen molar-refractivity contribution in [3.8, 4) is 0 Å². The molecule has 9 heavy (non-hydrogen) atoms. The van der Waals surface area contributed by atoms with Crippen LogP contribution in [0.15, 0.2) is 0 Å². The van der Waals surface area contributed by atoms with Crippen molar-refractivity contribution >= 4 is 5.78 Å². The zero-order valence-electron chi connectivity index (χ0n) is 5.67. The van der Waals surface area contributed by atoms with E-state index < -0.39 is 5.79 Å². The number of Topliss-reactive ketones (excluding diaryl/α,β-unsaturated/α-hetero) is 1. The second kappa shape index (κ2) is 2.91. The van der Waals surface area contributed by atoms with Crippen molar-refractivity contribution in [1.82, 2.24) is 0 Å². The molecule has 4 heteroatoms. The zero-order valence-corrected chi connectivity index (χ0v) is 5.67. The average molecular weight is 134 g/mol. The van der Waals surface area contributed by atoms with Crippen molar-refractivity contribution in [2.75, 3.05) is 7.11 Å². The largest absolute Gasteiger partial charge is 0.345 e. The van der Waals surface area contributed by atoms with Crippen molar-refractivity contribution in [3.05, 3.63) is 0 Å². The molecule has 0 aliphatic carbocycles. The molecule has 0 fully saturated rings. The Labute approximate surface area is 53.3 Å². The number of ketones is 1. The minimum atomic E-state index is -1.50. The Balaban J connectivity index is 4.09. The molecule has 0 saturated carbocycles. The average Bonchev–Trinajstić information content (AvgIpc) is 1.86. The van der Waals surface area contributed by atoms with Crippen LogP contribution in [0.1, 0.15) is 13.8 Å². The number of rotatable bonds is 3. The second-order valence-corrected chi connectivity index (χ2v) is 1.80. The zero-order chi connectivity index (χ0) is 7.49. The van der Waals surface area contributed by atoms with Crippen LogP contribution >= 0.6 is 0 Å². The Hall–Kier alpha value is -0.450. The van der Waals surface area contributed by atoms with Gasteiger partial charge in [-0.1, -0.05) is 0 Å². The van der Waals surface area contributed by atoms with Crippen LogP contribution in [0.25, 0.3) is 0 Å². The van der Waals surface area contributed by atoms with Crippen molar-refractivity contribution in [2.24, 2.45) is 0 Å². The molecular weight excluding hydrogens is 124 g/mol. The first-order valence-electron chi connectivity index (χ1n) is 2.45. The Kier molecular flexibility index (Phi) is 2.76. The number of carbonyl (C=O) groups is 1. The summed E-state index contributed by atoms with van der Waals surface area (Å²) in [5.41, 5.74) is 0. The van der Waals surface area contributed by atoms with Crippen LogP contribution in [0.4, 0.5) is 0 Å². The maximum Gasteiger partial charge on any atom is 0.257 e. The summed E-state index contributed by atoms with van der Waals surface area (Å²) >= 11 is 0. The van der Waals surface area contributed by atoms with E-state index >= 15 is 0 Å². The fraction of sp³-hybridized carbons (Fsp3) is 0.800. The SMILES string of the molecule is COC(C)(OO)C(C)=O. The van der Waals surface area contributed by atoms with E-state index in [0.717, 1.165) is 0 Å². The fourth-order valence-corrected chi connectivity index (χ4v) is 0.245. The number of ether oxygens (including phenoxy) is 1. The second-order valence-electron chi connectivity index (χ2n) is 1.80. The van der Waals surface area contributed by atoms with Crippen molar-refractivity contribution in [1.29, 1.82) is 0 Å². The summed E-state index contributed by atoms with van der Waals surface area (Å²) in [5.74, 6) is -1.88. The molecular formula is C5H10O4. The molecule has 1 atom stereocenters. The molecule has 4 nitrogen and oxygen atoms in total. The van der Waals surface area contributed by atoms with Gasteiger partial charge < -0.3 is 4.74 Å². The van der Waals surface area contributed by atoms with Crippen LogP contribution in [-0.4, -0.2) is 23.9 Å². The third-order valence-corrected chi connectivity index (χ3v) is 1.20. The Morgan fingerprint density at radius 3 is 2.11 bits per heavy atom. The lowest BCUT2D eigenvalue weighted by molar-refractivity contribution is -0.372. The molecule has 0 aromatic rings. The van der Waals surface area contributed by atoms with E-state index in [0.29, 0.717) is 0 Å². The van der Waals surface area contributed by atoms with Gasteiger partial charge in [-0.3, -0.25) is 4.79 Å². The Bertz CT molecular complexity index is 106. The predicted molar refractivity (Wildman–Crippen MR) is 29.8 cm³/mol. The van der Waals surface area contributed by atoms with E-state index in [1.165, 1.54) is 21.0 Å². The fourth-order valence-electron chi connectivity index (χ4n) is 0.245. The van der Waals surface area contributed by atoms with Crippen LogP contribution in [0.5, 0.6) is 0 Å². The molecule has 54 valence electrons. The van der Waals surface area contributed by atoms with Gasteiger partial charge in [-0.25, -0.2) is 5.26 Å². The minimum Gasteiger partial charge on any atom is -0.345 e. The van der Waals surface area contributed by atoms with Crippen LogP contribution in [0, 0.1) is 0 Å². The molecule has 1 N–H and O–H groups in total. The van der Waals surface area contributed by atoms with Crippen LogP contribution in [0.3, 0.4) is 0 Å². The summed E-state index contributed by atoms with van der Waals surface area (Å²) in [6.45, 7) is 2.59. The van der Waals surface area contributed by atoms with Gasteiger partial charge in [-0.2, -0.15) is 4.89 Å². The van der Waals surface area contributed by atoms with E-state index in [2.05, 4.69) is 9.62 Å². The smallest absolute Gasteiger partial charge is 0.257 e. The van der Waals surface area contributed by atoms with Gasteiger partial charge >= 0.3 is 0 Å². The van der Waals surface area contributed by atoms with Gasteiger partial charge in [0.2, 0.25) is 0 Å². The van der Waals surface area contributed by atoms with Crippen molar-refractivity contribution < 1.29 is 19.7 Å². The molecule has 0 bridgehead atoms. The molecule has 0 amide bonds.